The van der Waals surface area contributed by atoms with Gasteiger partial charge in [0.05, 0.1) is 13.7 Å². The first-order valence-electron chi connectivity index (χ1n) is 9.34. The molecule has 0 aliphatic rings. The Hall–Kier alpha value is -2.29. The number of carbonyl (C=O) groups is 1. The number of hydrogen-bond donors (Lipinski definition) is 3. The number of nitrogens with zero attached hydrogens (tertiary/aromatic N) is 1. The van der Waals surface area contributed by atoms with Crippen LogP contribution in [0.1, 0.15) is 25.0 Å². The van der Waals surface area contributed by atoms with E-state index in [0.29, 0.717) is 19.0 Å². The van der Waals surface area contributed by atoms with Gasteiger partial charge in [0.1, 0.15) is 5.75 Å². The summed E-state index contributed by atoms with van der Waals surface area (Å²) >= 11 is 0. The van der Waals surface area contributed by atoms with Crippen molar-refractivity contribution >= 4 is 35.8 Å². The van der Waals surface area contributed by atoms with Gasteiger partial charge in [0, 0.05) is 25.6 Å². The Balaban J connectivity index is 0.00000420. The zero-order valence-corrected chi connectivity index (χ0v) is 19.8. The standard InChI is InChI=1S/C22H30N4O2.HI/c1-22(2,18-8-6-5-7-9-18)16-26-21(23-3)25-15-20(27)24-14-17-10-12-19(28-4)13-11-17;/h5-13H,14-16H2,1-4H3,(H,24,27)(H2,23,25,26);1H. The number of carbonyl (C=O) groups excluding carboxylic acids is 1. The predicted molar refractivity (Wildman–Crippen MR) is 129 cm³/mol. The molecule has 0 aromatic heterocycles. The number of halogens is 1. The molecule has 0 bridgehead atoms. The molecule has 0 radical (unpaired) electrons. The maximum Gasteiger partial charge on any atom is 0.239 e. The summed E-state index contributed by atoms with van der Waals surface area (Å²) < 4.78 is 5.13. The molecule has 0 aliphatic heterocycles. The number of amides is 1. The van der Waals surface area contributed by atoms with Crippen LogP contribution >= 0.6 is 24.0 Å². The molecule has 1 amide bonds. The maximum atomic E-state index is 12.1. The lowest BCUT2D eigenvalue weighted by molar-refractivity contribution is -0.120. The number of rotatable bonds is 8. The van der Waals surface area contributed by atoms with Crippen LogP contribution in [0.25, 0.3) is 0 Å². The van der Waals surface area contributed by atoms with E-state index in [4.69, 9.17) is 4.74 Å². The van der Waals surface area contributed by atoms with Crippen LogP contribution in [-0.2, 0) is 16.8 Å². The SMILES string of the molecule is CN=C(NCC(=O)NCc1ccc(OC)cc1)NCC(C)(C)c1ccccc1.I. The minimum Gasteiger partial charge on any atom is -0.497 e. The number of ether oxygens (including phenoxy) is 1. The largest absolute Gasteiger partial charge is 0.497 e. The molecule has 2 aromatic carbocycles. The Morgan fingerprint density at radius 2 is 1.66 bits per heavy atom. The van der Waals surface area contributed by atoms with E-state index in [-0.39, 0.29) is 41.8 Å². The Bertz CT molecular complexity index is 777. The van der Waals surface area contributed by atoms with Gasteiger partial charge in [-0.05, 0) is 23.3 Å². The van der Waals surface area contributed by atoms with Crippen LogP contribution in [0.2, 0.25) is 0 Å². The molecule has 0 spiro atoms. The topological polar surface area (TPSA) is 74.8 Å². The second kappa shape index (κ2) is 12.3. The Morgan fingerprint density at radius 1 is 1.00 bits per heavy atom. The predicted octanol–water partition coefficient (Wildman–Crippen LogP) is 3.07. The van der Waals surface area contributed by atoms with Crippen LogP contribution in [0.3, 0.4) is 0 Å². The van der Waals surface area contributed by atoms with Gasteiger partial charge in [0.25, 0.3) is 0 Å². The Kier molecular flexibility index (Phi) is 10.5. The van der Waals surface area contributed by atoms with E-state index in [2.05, 4.69) is 46.9 Å². The summed E-state index contributed by atoms with van der Waals surface area (Å²) in [6.45, 7) is 5.66. The van der Waals surface area contributed by atoms with Crippen molar-refractivity contribution in [2.24, 2.45) is 4.99 Å². The fourth-order valence-corrected chi connectivity index (χ4v) is 2.69. The zero-order valence-electron chi connectivity index (χ0n) is 17.5. The summed E-state index contributed by atoms with van der Waals surface area (Å²) in [6.07, 6.45) is 0. The third-order valence-corrected chi connectivity index (χ3v) is 4.54. The van der Waals surface area contributed by atoms with Gasteiger partial charge >= 0.3 is 0 Å². The molecule has 0 saturated carbocycles. The van der Waals surface area contributed by atoms with Crippen molar-refractivity contribution < 1.29 is 9.53 Å². The highest BCUT2D eigenvalue weighted by Gasteiger charge is 2.20. The average Bonchev–Trinajstić information content (AvgIpc) is 2.73. The van der Waals surface area contributed by atoms with Crippen LogP contribution in [0, 0.1) is 0 Å². The minimum absolute atomic E-state index is 0. The normalized spacial score (nSPS) is 11.2. The molecular weight excluding hydrogens is 479 g/mol. The number of benzene rings is 2. The Morgan fingerprint density at radius 3 is 2.24 bits per heavy atom. The van der Waals surface area contributed by atoms with E-state index in [1.165, 1.54) is 5.56 Å². The molecule has 0 aliphatic carbocycles. The van der Waals surface area contributed by atoms with Crippen molar-refractivity contribution in [2.45, 2.75) is 25.8 Å². The van der Waals surface area contributed by atoms with E-state index in [1.54, 1.807) is 14.2 Å². The van der Waals surface area contributed by atoms with Gasteiger partial charge in [0.15, 0.2) is 5.96 Å². The number of nitrogens with one attached hydrogen (secondary N) is 3. The number of guanidine groups is 1. The number of methoxy groups -OCH3 is 1. The monoisotopic (exact) mass is 510 g/mol. The van der Waals surface area contributed by atoms with Crippen molar-refractivity contribution in [3.63, 3.8) is 0 Å². The highest BCUT2D eigenvalue weighted by atomic mass is 127. The van der Waals surface area contributed by atoms with Crippen molar-refractivity contribution in [1.29, 1.82) is 0 Å². The van der Waals surface area contributed by atoms with E-state index in [0.717, 1.165) is 11.3 Å². The Labute approximate surface area is 190 Å². The third kappa shape index (κ3) is 8.31. The van der Waals surface area contributed by atoms with Gasteiger partial charge in [0.2, 0.25) is 5.91 Å². The van der Waals surface area contributed by atoms with Gasteiger partial charge in [-0.3, -0.25) is 9.79 Å². The molecule has 29 heavy (non-hydrogen) atoms. The molecule has 158 valence electrons. The number of aliphatic imine (C=N–C) groups is 1. The summed E-state index contributed by atoms with van der Waals surface area (Å²) in [4.78, 5) is 16.3. The fraction of sp³-hybridized carbons (Fsp3) is 0.364. The fourth-order valence-electron chi connectivity index (χ4n) is 2.69. The van der Waals surface area contributed by atoms with Crippen LogP contribution in [0.5, 0.6) is 5.75 Å². The molecule has 7 heteroatoms. The smallest absolute Gasteiger partial charge is 0.239 e. The summed E-state index contributed by atoms with van der Waals surface area (Å²) in [6, 6.07) is 17.9. The molecule has 0 saturated heterocycles. The quantitative estimate of drug-likeness (QED) is 0.290. The molecule has 0 fully saturated rings. The lowest BCUT2D eigenvalue weighted by Crippen LogP contribution is -2.46. The van der Waals surface area contributed by atoms with Gasteiger partial charge < -0.3 is 20.7 Å². The third-order valence-electron chi connectivity index (χ3n) is 4.54. The lowest BCUT2D eigenvalue weighted by atomic mass is 9.85. The number of hydrogen-bond acceptors (Lipinski definition) is 3. The van der Waals surface area contributed by atoms with Crippen LogP contribution in [0.15, 0.2) is 59.6 Å². The summed E-state index contributed by atoms with van der Waals surface area (Å²) in [5.41, 5.74) is 2.20. The minimum atomic E-state index is -0.0962. The van der Waals surface area contributed by atoms with Gasteiger partial charge in [-0.25, -0.2) is 0 Å². The summed E-state index contributed by atoms with van der Waals surface area (Å²) in [5, 5.41) is 9.24. The van der Waals surface area contributed by atoms with Crippen molar-refractivity contribution in [2.75, 3.05) is 27.2 Å². The van der Waals surface area contributed by atoms with Crippen LogP contribution in [-0.4, -0.2) is 39.1 Å². The van der Waals surface area contributed by atoms with Gasteiger partial charge in [-0.1, -0.05) is 56.3 Å². The molecule has 6 nitrogen and oxygen atoms in total. The van der Waals surface area contributed by atoms with Gasteiger partial charge in [-0.2, -0.15) is 0 Å². The lowest BCUT2D eigenvalue weighted by Gasteiger charge is -2.26. The molecule has 0 atom stereocenters. The van der Waals surface area contributed by atoms with E-state index in [1.807, 2.05) is 42.5 Å². The molecule has 2 rings (SSSR count). The van der Waals surface area contributed by atoms with E-state index < -0.39 is 0 Å². The summed E-state index contributed by atoms with van der Waals surface area (Å²) in [7, 11) is 3.32. The van der Waals surface area contributed by atoms with Crippen molar-refractivity contribution in [1.82, 2.24) is 16.0 Å². The second-order valence-corrected chi connectivity index (χ2v) is 7.15. The zero-order chi connectivity index (χ0) is 20.4. The molecule has 0 heterocycles. The second-order valence-electron chi connectivity index (χ2n) is 7.15. The highest BCUT2D eigenvalue weighted by Crippen LogP contribution is 2.21. The van der Waals surface area contributed by atoms with E-state index in [9.17, 15) is 4.79 Å². The van der Waals surface area contributed by atoms with Crippen molar-refractivity contribution in [3.8, 4) is 5.75 Å². The van der Waals surface area contributed by atoms with Crippen molar-refractivity contribution in [3.05, 3.63) is 65.7 Å². The highest BCUT2D eigenvalue weighted by molar-refractivity contribution is 14.0. The first-order chi connectivity index (χ1) is 13.4. The van der Waals surface area contributed by atoms with Crippen LogP contribution in [0.4, 0.5) is 0 Å². The molecular formula is C22H31IN4O2. The molecule has 3 N–H and O–H groups in total. The molecule has 2 aromatic rings. The van der Waals surface area contributed by atoms with Gasteiger partial charge in [-0.15, -0.1) is 24.0 Å². The average molecular weight is 510 g/mol. The maximum absolute atomic E-state index is 12.1. The summed E-state index contributed by atoms with van der Waals surface area (Å²) in [5.74, 6) is 1.30. The first-order valence-corrected chi connectivity index (χ1v) is 9.34. The first kappa shape index (κ1) is 24.7. The molecule has 0 unspecified atom stereocenters. The van der Waals surface area contributed by atoms with E-state index >= 15 is 0 Å². The van der Waals surface area contributed by atoms with Crippen LogP contribution < -0.4 is 20.7 Å².